The van der Waals surface area contributed by atoms with Crippen LogP contribution in [0.25, 0.3) is 0 Å². The highest BCUT2D eigenvalue weighted by molar-refractivity contribution is 6.05. The van der Waals surface area contributed by atoms with Gasteiger partial charge in [-0.05, 0) is 73.9 Å². The third-order valence-electron chi connectivity index (χ3n) is 5.49. The van der Waals surface area contributed by atoms with Gasteiger partial charge in [0.2, 0.25) is 0 Å². The first-order chi connectivity index (χ1) is 16.2. The summed E-state index contributed by atoms with van der Waals surface area (Å²) in [7, 11) is 0. The summed E-state index contributed by atoms with van der Waals surface area (Å²) in [5.41, 5.74) is 1.70. The number of para-hydroxylation sites is 1. The number of hydrogen-bond acceptors (Lipinski definition) is 4. The molecule has 1 heterocycles. The van der Waals surface area contributed by atoms with Crippen molar-refractivity contribution in [1.82, 2.24) is 4.90 Å². The van der Waals surface area contributed by atoms with Crippen molar-refractivity contribution in [2.24, 2.45) is 0 Å². The van der Waals surface area contributed by atoms with Crippen LogP contribution in [-0.4, -0.2) is 43.0 Å². The molecule has 2 amide bonds. The molecule has 3 aromatic carbocycles. The smallest absolute Gasteiger partial charge is 0.255 e. The molecule has 6 heteroatoms. The molecule has 0 saturated carbocycles. The number of nitrogens with one attached hydrogen (secondary N) is 1. The van der Waals surface area contributed by atoms with Crippen LogP contribution in [0.1, 0.15) is 40.0 Å². The van der Waals surface area contributed by atoms with Crippen LogP contribution in [-0.2, 0) is 0 Å². The summed E-state index contributed by atoms with van der Waals surface area (Å²) in [6, 6.07) is 23.6. The first-order valence-corrected chi connectivity index (χ1v) is 11.3. The first kappa shape index (κ1) is 22.4. The maximum absolute atomic E-state index is 12.7. The van der Waals surface area contributed by atoms with E-state index in [1.165, 1.54) is 6.42 Å². The van der Waals surface area contributed by atoms with Gasteiger partial charge in [-0.15, -0.1) is 0 Å². The van der Waals surface area contributed by atoms with Crippen LogP contribution in [0.5, 0.6) is 11.5 Å². The van der Waals surface area contributed by atoms with Gasteiger partial charge in [-0.3, -0.25) is 9.59 Å². The fraction of sp³-hybridized carbons (Fsp3) is 0.259. The maximum atomic E-state index is 12.7. The minimum atomic E-state index is -0.239. The molecule has 1 N–H and O–H groups in total. The third kappa shape index (κ3) is 6.35. The Morgan fingerprint density at radius 1 is 0.727 bits per heavy atom. The lowest BCUT2D eigenvalue weighted by atomic mass is 10.1. The van der Waals surface area contributed by atoms with E-state index >= 15 is 0 Å². The quantitative estimate of drug-likeness (QED) is 0.495. The van der Waals surface area contributed by atoms with Crippen LogP contribution in [0.3, 0.4) is 0 Å². The molecule has 1 fully saturated rings. The second-order valence-corrected chi connectivity index (χ2v) is 7.92. The van der Waals surface area contributed by atoms with Crippen molar-refractivity contribution >= 4 is 17.5 Å². The highest BCUT2D eigenvalue weighted by atomic mass is 16.5. The Hall–Kier alpha value is -3.80. The van der Waals surface area contributed by atoms with E-state index in [2.05, 4.69) is 5.32 Å². The average molecular weight is 445 g/mol. The van der Waals surface area contributed by atoms with Gasteiger partial charge in [-0.2, -0.15) is 0 Å². The zero-order chi connectivity index (χ0) is 22.9. The standard InChI is InChI=1S/C27H28N2O4/c30-26(28-23-9-7-8-22(20-23)27(31)29-16-5-2-6-17-29)21-12-14-25(15-13-21)33-19-18-32-24-10-3-1-4-11-24/h1,3-4,7-15,20H,2,5-6,16-19H2,(H,28,30). The van der Waals surface area contributed by atoms with E-state index in [9.17, 15) is 9.59 Å². The molecule has 1 saturated heterocycles. The number of anilines is 1. The Morgan fingerprint density at radius 3 is 2.09 bits per heavy atom. The van der Waals surface area contributed by atoms with Gasteiger partial charge in [0.25, 0.3) is 11.8 Å². The Bertz CT molecular complexity index is 1060. The minimum Gasteiger partial charge on any atom is -0.490 e. The van der Waals surface area contributed by atoms with Gasteiger partial charge in [0.1, 0.15) is 24.7 Å². The van der Waals surface area contributed by atoms with Crippen LogP contribution in [0.4, 0.5) is 5.69 Å². The SMILES string of the molecule is O=C(Nc1cccc(C(=O)N2CCCCC2)c1)c1ccc(OCCOc2ccccc2)cc1. The van der Waals surface area contributed by atoms with Crippen molar-refractivity contribution in [2.75, 3.05) is 31.6 Å². The molecule has 0 aromatic heterocycles. The molecule has 0 radical (unpaired) electrons. The fourth-order valence-corrected chi connectivity index (χ4v) is 3.75. The molecule has 6 nitrogen and oxygen atoms in total. The molecule has 0 unspecified atom stereocenters. The Labute approximate surface area is 194 Å². The Balaban J connectivity index is 1.28. The zero-order valence-corrected chi connectivity index (χ0v) is 18.5. The summed E-state index contributed by atoms with van der Waals surface area (Å²) in [6.07, 6.45) is 3.26. The van der Waals surface area contributed by atoms with E-state index in [0.29, 0.717) is 35.8 Å². The summed E-state index contributed by atoms with van der Waals surface area (Å²) < 4.78 is 11.3. The van der Waals surface area contributed by atoms with Crippen LogP contribution >= 0.6 is 0 Å². The number of carbonyl (C=O) groups excluding carboxylic acids is 2. The fourth-order valence-electron chi connectivity index (χ4n) is 3.75. The minimum absolute atomic E-state index is 0.0172. The number of amides is 2. The number of benzene rings is 3. The van der Waals surface area contributed by atoms with Crippen molar-refractivity contribution in [3.8, 4) is 11.5 Å². The topological polar surface area (TPSA) is 67.9 Å². The van der Waals surface area contributed by atoms with Crippen molar-refractivity contribution in [2.45, 2.75) is 19.3 Å². The number of piperidine rings is 1. The summed E-state index contributed by atoms with van der Waals surface area (Å²) in [4.78, 5) is 27.3. The lowest BCUT2D eigenvalue weighted by molar-refractivity contribution is 0.0724. The Kier molecular flexibility index (Phi) is 7.59. The Morgan fingerprint density at radius 2 is 1.39 bits per heavy atom. The summed E-state index contributed by atoms with van der Waals surface area (Å²) in [5, 5.41) is 2.88. The molecule has 33 heavy (non-hydrogen) atoms. The van der Waals surface area contributed by atoms with E-state index in [1.807, 2.05) is 35.2 Å². The van der Waals surface area contributed by atoms with Crippen molar-refractivity contribution in [1.29, 1.82) is 0 Å². The number of carbonyl (C=O) groups is 2. The van der Waals surface area contributed by atoms with Gasteiger partial charge in [-0.1, -0.05) is 24.3 Å². The number of likely N-dealkylation sites (tertiary alicyclic amines) is 1. The van der Waals surface area contributed by atoms with E-state index < -0.39 is 0 Å². The van der Waals surface area contributed by atoms with Crippen molar-refractivity contribution < 1.29 is 19.1 Å². The van der Waals surface area contributed by atoms with Crippen LogP contribution < -0.4 is 14.8 Å². The molecule has 3 aromatic rings. The molecule has 1 aliphatic rings. The molecule has 0 spiro atoms. The van der Waals surface area contributed by atoms with E-state index in [1.54, 1.807) is 48.5 Å². The molecule has 1 aliphatic heterocycles. The largest absolute Gasteiger partial charge is 0.490 e. The number of ether oxygens (including phenoxy) is 2. The molecule has 170 valence electrons. The molecular formula is C27H28N2O4. The van der Waals surface area contributed by atoms with E-state index in [-0.39, 0.29) is 11.8 Å². The second-order valence-electron chi connectivity index (χ2n) is 7.92. The van der Waals surface area contributed by atoms with Gasteiger partial charge >= 0.3 is 0 Å². The van der Waals surface area contributed by atoms with Gasteiger partial charge in [0, 0.05) is 29.9 Å². The molecule has 0 aliphatic carbocycles. The van der Waals surface area contributed by atoms with Gasteiger partial charge in [0.15, 0.2) is 0 Å². The second kappa shape index (κ2) is 11.2. The summed E-state index contributed by atoms with van der Waals surface area (Å²) >= 11 is 0. The van der Waals surface area contributed by atoms with Crippen LogP contribution in [0, 0.1) is 0 Å². The molecule has 4 rings (SSSR count). The number of hydrogen-bond donors (Lipinski definition) is 1. The zero-order valence-electron chi connectivity index (χ0n) is 18.5. The average Bonchev–Trinajstić information content (AvgIpc) is 2.88. The van der Waals surface area contributed by atoms with Crippen LogP contribution in [0.2, 0.25) is 0 Å². The first-order valence-electron chi connectivity index (χ1n) is 11.3. The normalized spacial score (nSPS) is 13.3. The molecular weight excluding hydrogens is 416 g/mol. The van der Waals surface area contributed by atoms with Gasteiger partial charge in [0.05, 0.1) is 0 Å². The maximum Gasteiger partial charge on any atom is 0.255 e. The van der Waals surface area contributed by atoms with Crippen molar-refractivity contribution in [3.63, 3.8) is 0 Å². The molecule has 0 bridgehead atoms. The lowest BCUT2D eigenvalue weighted by Crippen LogP contribution is -2.35. The van der Waals surface area contributed by atoms with E-state index in [4.69, 9.17) is 9.47 Å². The van der Waals surface area contributed by atoms with E-state index in [0.717, 1.165) is 31.7 Å². The highest BCUT2D eigenvalue weighted by Crippen LogP contribution is 2.18. The van der Waals surface area contributed by atoms with Crippen molar-refractivity contribution in [3.05, 3.63) is 90.0 Å². The van der Waals surface area contributed by atoms with Crippen LogP contribution in [0.15, 0.2) is 78.9 Å². The monoisotopic (exact) mass is 444 g/mol. The number of rotatable bonds is 8. The predicted molar refractivity (Wildman–Crippen MR) is 128 cm³/mol. The predicted octanol–water partition coefficient (Wildman–Crippen LogP) is 5.02. The molecule has 0 atom stereocenters. The summed E-state index contributed by atoms with van der Waals surface area (Å²) in [6.45, 7) is 2.42. The third-order valence-corrected chi connectivity index (χ3v) is 5.49. The summed E-state index contributed by atoms with van der Waals surface area (Å²) in [5.74, 6) is 1.24. The number of nitrogens with zero attached hydrogens (tertiary/aromatic N) is 1. The highest BCUT2D eigenvalue weighted by Gasteiger charge is 2.18. The lowest BCUT2D eigenvalue weighted by Gasteiger charge is -2.26. The van der Waals surface area contributed by atoms with Gasteiger partial charge < -0.3 is 19.7 Å². The van der Waals surface area contributed by atoms with Gasteiger partial charge in [-0.25, -0.2) is 0 Å².